The lowest BCUT2D eigenvalue weighted by Crippen LogP contribution is -2.00. The molecule has 2 rings (SSSR count). The first kappa shape index (κ1) is 11.4. The molecular formula is C12H15BrOS. The highest BCUT2D eigenvalue weighted by Crippen LogP contribution is 2.28. The van der Waals surface area contributed by atoms with Gasteiger partial charge in [0.05, 0.1) is 6.10 Å². The summed E-state index contributed by atoms with van der Waals surface area (Å²) in [5.74, 6) is 0. The Morgan fingerprint density at radius 3 is 3.07 bits per heavy atom. The number of allylic oxidation sites excluding steroid dienone is 1. The molecule has 0 spiro atoms. The van der Waals surface area contributed by atoms with Crippen molar-refractivity contribution < 1.29 is 5.11 Å². The smallest absolute Gasteiger partial charge is 0.0723 e. The van der Waals surface area contributed by atoms with Gasteiger partial charge in [-0.1, -0.05) is 18.1 Å². The van der Waals surface area contributed by atoms with Crippen LogP contribution in [0.3, 0.4) is 0 Å². The first-order valence-corrected chi connectivity index (χ1v) is 7.02. The van der Waals surface area contributed by atoms with Crippen LogP contribution in [-0.4, -0.2) is 11.2 Å². The second kappa shape index (κ2) is 5.28. The van der Waals surface area contributed by atoms with Gasteiger partial charge < -0.3 is 5.11 Å². The molecule has 1 N–H and O–H groups in total. The van der Waals surface area contributed by atoms with Crippen molar-refractivity contribution in [3.8, 4) is 0 Å². The summed E-state index contributed by atoms with van der Waals surface area (Å²) in [4.78, 5) is 1.37. The summed E-state index contributed by atoms with van der Waals surface area (Å²) >= 11 is 5.33. The summed E-state index contributed by atoms with van der Waals surface area (Å²) in [5.41, 5.74) is 1.39. The van der Waals surface area contributed by atoms with Crippen molar-refractivity contribution in [2.45, 2.75) is 38.2 Å². The molecule has 1 aliphatic carbocycles. The Bertz CT molecular complexity index is 356. The Kier molecular flexibility index (Phi) is 4.00. The first-order chi connectivity index (χ1) is 7.25. The van der Waals surface area contributed by atoms with Gasteiger partial charge in [0.1, 0.15) is 0 Å². The highest BCUT2D eigenvalue weighted by atomic mass is 79.9. The molecule has 0 amide bonds. The lowest BCUT2D eigenvalue weighted by atomic mass is 10.1. The van der Waals surface area contributed by atoms with Gasteiger partial charge in [0, 0.05) is 15.8 Å². The van der Waals surface area contributed by atoms with Gasteiger partial charge >= 0.3 is 0 Å². The summed E-state index contributed by atoms with van der Waals surface area (Å²) in [6.07, 6.45) is 7.25. The second-order valence-electron chi connectivity index (χ2n) is 4.01. The van der Waals surface area contributed by atoms with Gasteiger partial charge in [0.15, 0.2) is 0 Å². The van der Waals surface area contributed by atoms with Crippen molar-refractivity contribution in [1.29, 1.82) is 0 Å². The zero-order valence-corrected chi connectivity index (χ0v) is 11.0. The molecular weight excluding hydrogens is 272 g/mol. The summed E-state index contributed by atoms with van der Waals surface area (Å²) in [6.45, 7) is 0. The van der Waals surface area contributed by atoms with Gasteiger partial charge in [-0.15, -0.1) is 11.3 Å². The van der Waals surface area contributed by atoms with Crippen LogP contribution in [-0.2, 0) is 6.42 Å². The monoisotopic (exact) mass is 286 g/mol. The zero-order chi connectivity index (χ0) is 10.7. The molecule has 15 heavy (non-hydrogen) atoms. The number of halogens is 1. The molecule has 0 aromatic carbocycles. The highest BCUT2D eigenvalue weighted by Gasteiger charge is 2.11. The van der Waals surface area contributed by atoms with Crippen LogP contribution in [0.1, 0.15) is 30.6 Å². The van der Waals surface area contributed by atoms with Gasteiger partial charge in [0.25, 0.3) is 0 Å². The second-order valence-corrected chi connectivity index (χ2v) is 5.86. The first-order valence-electron chi connectivity index (χ1n) is 5.35. The third kappa shape index (κ3) is 3.16. The fourth-order valence-electron chi connectivity index (χ4n) is 1.95. The third-order valence-electron chi connectivity index (χ3n) is 2.75. The predicted octanol–water partition coefficient (Wildman–Crippen LogP) is 3.91. The number of hydrogen-bond donors (Lipinski definition) is 1. The molecule has 0 saturated heterocycles. The van der Waals surface area contributed by atoms with Gasteiger partial charge in [-0.05, 0) is 46.6 Å². The molecule has 1 unspecified atom stereocenters. The van der Waals surface area contributed by atoms with E-state index in [1.807, 2.05) is 0 Å². The molecule has 82 valence electrons. The van der Waals surface area contributed by atoms with Gasteiger partial charge in [-0.3, -0.25) is 0 Å². The fraction of sp³-hybridized carbons (Fsp3) is 0.500. The number of aliphatic hydroxyl groups is 1. The van der Waals surface area contributed by atoms with E-state index in [1.54, 1.807) is 11.3 Å². The van der Waals surface area contributed by atoms with Crippen LogP contribution in [0.5, 0.6) is 0 Å². The lowest BCUT2D eigenvalue weighted by molar-refractivity contribution is 0.211. The Labute approximate surface area is 103 Å². The maximum absolute atomic E-state index is 9.67. The molecule has 0 fully saturated rings. The van der Waals surface area contributed by atoms with Crippen LogP contribution in [0.15, 0.2) is 27.6 Å². The van der Waals surface area contributed by atoms with E-state index in [2.05, 4.69) is 33.5 Å². The standard InChI is InChI=1S/C12H15BrOS/c13-11-5-6-15-12(11)8-9-3-1-2-4-10(14)7-9/h5-7,10,14H,1-4,8H2. The minimum Gasteiger partial charge on any atom is -0.389 e. The number of aliphatic hydroxyl groups excluding tert-OH is 1. The topological polar surface area (TPSA) is 20.2 Å². The number of thiophene rings is 1. The lowest BCUT2D eigenvalue weighted by Gasteiger charge is -2.05. The van der Waals surface area contributed by atoms with Crippen molar-refractivity contribution in [3.05, 3.63) is 32.4 Å². The molecule has 1 aromatic rings. The molecule has 0 bridgehead atoms. The van der Waals surface area contributed by atoms with E-state index in [4.69, 9.17) is 0 Å². The van der Waals surface area contributed by atoms with Crippen molar-refractivity contribution in [1.82, 2.24) is 0 Å². The SMILES string of the molecule is OC1C=C(Cc2sccc2Br)CCCC1. The van der Waals surface area contributed by atoms with E-state index < -0.39 is 0 Å². The highest BCUT2D eigenvalue weighted by molar-refractivity contribution is 9.10. The maximum Gasteiger partial charge on any atom is 0.0723 e. The van der Waals surface area contributed by atoms with E-state index in [0.717, 1.165) is 25.7 Å². The van der Waals surface area contributed by atoms with E-state index >= 15 is 0 Å². The molecule has 1 nitrogen and oxygen atoms in total. The molecule has 1 heterocycles. The van der Waals surface area contributed by atoms with E-state index in [1.165, 1.54) is 21.3 Å². The van der Waals surface area contributed by atoms with Crippen LogP contribution in [0.2, 0.25) is 0 Å². The molecule has 1 aliphatic rings. The van der Waals surface area contributed by atoms with Crippen LogP contribution in [0, 0.1) is 0 Å². The number of hydrogen-bond acceptors (Lipinski definition) is 2. The van der Waals surface area contributed by atoms with Crippen molar-refractivity contribution >= 4 is 27.3 Å². The van der Waals surface area contributed by atoms with E-state index in [9.17, 15) is 5.11 Å². The molecule has 0 aliphatic heterocycles. The fourth-order valence-corrected chi connectivity index (χ4v) is 3.49. The Hall–Kier alpha value is -0.120. The van der Waals surface area contributed by atoms with Crippen molar-refractivity contribution in [2.75, 3.05) is 0 Å². The maximum atomic E-state index is 9.67. The Balaban J connectivity index is 2.07. The van der Waals surface area contributed by atoms with Gasteiger partial charge in [0.2, 0.25) is 0 Å². The normalized spacial score (nSPS) is 22.3. The largest absolute Gasteiger partial charge is 0.389 e. The molecule has 1 atom stereocenters. The minimum atomic E-state index is -0.221. The van der Waals surface area contributed by atoms with E-state index in [-0.39, 0.29) is 6.10 Å². The predicted molar refractivity (Wildman–Crippen MR) is 68.3 cm³/mol. The van der Waals surface area contributed by atoms with Gasteiger partial charge in [-0.2, -0.15) is 0 Å². The van der Waals surface area contributed by atoms with Crippen LogP contribution < -0.4 is 0 Å². The summed E-state index contributed by atoms with van der Waals surface area (Å²) in [7, 11) is 0. The van der Waals surface area contributed by atoms with Crippen molar-refractivity contribution in [3.63, 3.8) is 0 Å². The average molecular weight is 287 g/mol. The van der Waals surface area contributed by atoms with E-state index in [0.29, 0.717) is 0 Å². The van der Waals surface area contributed by atoms with Crippen LogP contribution >= 0.6 is 27.3 Å². The molecule has 1 aromatic heterocycles. The third-order valence-corrected chi connectivity index (χ3v) is 4.68. The minimum absolute atomic E-state index is 0.221. The molecule has 0 radical (unpaired) electrons. The molecule has 3 heteroatoms. The molecule has 0 saturated carbocycles. The summed E-state index contributed by atoms with van der Waals surface area (Å²) in [5, 5.41) is 11.8. The summed E-state index contributed by atoms with van der Waals surface area (Å²) in [6, 6.07) is 2.09. The summed E-state index contributed by atoms with van der Waals surface area (Å²) < 4.78 is 1.20. The number of rotatable bonds is 2. The van der Waals surface area contributed by atoms with Crippen LogP contribution in [0.25, 0.3) is 0 Å². The van der Waals surface area contributed by atoms with Gasteiger partial charge in [-0.25, -0.2) is 0 Å². The quantitative estimate of drug-likeness (QED) is 0.818. The van der Waals surface area contributed by atoms with Crippen LogP contribution in [0.4, 0.5) is 0 Å². The zero-order valence-electron chi connectivity index (χ0n) is 8.58. The van der Waals surface area contributed by atoms with Crippen molar-refractivity contribution in [2.24, 2.45) is 0 Å². The Morgan fingerprint density at radius 2 is 2.33 bits per heavy atom. The average Bonchev–Trinajstić information content (AvgIpc) is 2.48. The Morgan fingerprint density at radius 1 is 1.47 bits per heavy atom.